The fraction of sp³-hybridized carbons (Fsp3) is 0.341. The molecule has 0 bridgehead atoms. The van der Waals surface area contributed by atoms with Crippen molar-refractivity contribution in [2.45, 2.75) is 69.9 Å². The van der Waals surface area contributed by atoms with E-state index in [-0.39, 0.29) is 59.6 Å². The summed E-state index contributed by atoms with van der Waals surface area (Å²) < 4.78 is 74.7. The number of nitrogens with zero attached hydrogens (tertiary/aromatic N) is 4. The summed E-state index contributed by atoms with van der Waals surface area (Å²) in [6.45, 7) is 4.41. The van der Waals surface area contributed by atoms with Crippen molar-refractivity contribution in [1.82, 2.24) is 24.8 Å². The van der Waals surface area contributed by atoms with Crippen LogP contribution < -0.4 is 10.9 Å². The Bertz CT molecular complexity index is 2230. The lowest BCUT2D eigenvalue weighted by Gasteiger charge is -2.41. The number of methoxy groups -OCH3 is 1. The molecule has 1 aliphatic rings. The number of rotatable bonds is 12. The molecule has 9 nitrogen and oxygen atoms in total. The molecule has 3 aromatic carbocycles. The molecule has 0 saturated carbocycles. The summed E-state index contributed by atoms with van der Waals surface area (Å²) in [5.74, 6) is -2.50. The van der Waals surface area contributed by atoms with Crippen molar-refractivity contribution in [2.24, 2.45) is 0 Å². The van der Waals surface area contributed by atoms with Gasteiger partial charge in [-0.15, -0.1) is 0 Å². The SMILES string of the molecule is COC(=O)C(C)(C)N1CCC(NC(C(=O)Cn2c(CCc3cccc(F)c3F)nc(=O)c3cccnc32)c2ccc(-c3ccc(C(F)(F)F)cc3)cc2)CC1. The second-order valence-electron chi connectivity index (χ2n) is 14.1. The van der Waals surface area contributed by atoms with Crippen LogP contribution in [-0.4, -0.2) is 63.0 Å². The molecule has 6 rings (SSSR count). The fourth-order valence-corrected chi connectivity index (χ4v) is 7.05. The van der Waals surface area contributed by atoms with Crippen LogP contribution in [0.15, 0.2) is 89.9 Å². The summed E-state index contributed by atoms with van der Waals surface area (Å²) in [7, 11) is 1.35. The predicted molar refractivity (Wildman–Crippen MR) is 196 cm³/mol. The number of nitrogens with one attached hydrogen (secondary N) is 1. The third kappa shape index (κ3) is 8.65. The molecule has 1 aliphatic heterocycles. The molecule has 288 valence electrons. The minimum atomic E-state index is -4.47. The van der Waals surface area contributed by atoms with Gasteiger partial charge in [-0.1, -0.05) is 48.5 Å². The number of esters is 1. The Hall–Kier alpha value is -5.34. The zero-order valence-electron chi connectivity index (χ0n) is 30.5. The molecule has 14 heteroatoms. The molecule has 1 fully saturated rings. The second kappa shape index (κ2) is 16.2. The van der Waals surface area contributed by atoms with Crippen molar-refractivity contribution < 1.29 is 36.3 Å². The van der Waals surface area contributed by atoms with Gasteiger partial charge in [0, 0.05) is 31.7 Å². The number of carbonyl (C=O) groups excluding carboxylic acids is 2. The fourth-order valence-electron chi connectivity index (χ4n) is 7.05. The van der Waals surface area contributed by atoms with Gasteiger partial charge in [0.15, 0.2) is 17.4 Å². The molecule has 1 atom stereocenters. The monoisotopic (exact) mass is 761 g/mol. The van der Waals surface area contributed by atoms with Gasteiger partial charge in [0.1, 0.15) is 17.0 Å². The van der Waals surface area contributed by atoms with Crippen molar-refractivity contribution in [1.29, 1.82) is 0 Å². The Labute approximate surface area is 314 Å². The topological polar surface area (TPSA) is 106 Å². The van der Waals surface area contributed by atoms with Crippen molar-refractivity contribution in [3.8, 4) is 11.1 Å². The smallest absolute Gasteiger partial charge is 0.416 e. The van der Waals surface area contributed by atoms with E-state index in [0.717, 1.165) is 18.2 Å². The maximum absolute atomic E-state index is 14.6. The molecule has 0 amide bonds. The number of ketones is 1. The maximum atomic E-state index is 14.6. The first-order chi connectivity index (χ1) is 26.2. The number of carbonyl (C=O) groups is 2. The molecular weight excluding hydrogens is 721 g/mol. The summed E-state index contributed by atoms with van der Waals surface area (Å²) in [4.78, 5) is 50.8. The molecule has 0 radical (unpaired) electrons. The van der Waals surface area contributed by atoms with Crippen molar-refractivity contribution in [2.75, 3.05) is 20.2 Å². The highest BCUT2D eigenvalue weighted by atomic mass is 19.4. The van der Waals surface area contributed by atoms with E-state index in [1.165, 1.54) is 42.1 Å². The first-order valence-corrected chi connectivity index (χ1v) is 17.8. The highest BCUT2D eigenvalue weighted by Crippen LogP contribution is 2.32. The lowest BCUT2D eigenvalue weighted by Crippen LogP contribution is -2.56. The van der Waals surface area contributed by atoms with Gasteiger partial charge in [-0.25, -0.2) is 13.8 Å². The molecule has 5 aromatic rings. The van der Waals surface area contributed by atoms with Crippen LogP contribution in [0.1, 0.15) is 55.2 Å². The van der Waals surface area contributed by atoms with Crippen LogP contribution in [-0.2, 0) is 39.9 Å². The number of Topliss-reactive ketones (excluding diaryl/α,β-unsaturated/α-hetero) is 1. The van der Waals surface area contributed by atoms with Gasteiger partial charge in [0.25, 0.3) is 5.56 Å². The van der Waals surface area contributed by atoms with Crippen molar-refractivity contribution in [3.63, 3.8) is 0 Å². The number of pyridine rings is 1. The third-order valence-corrected chi connectivity index (χ3v) is 10.3. The van der Waals surface area contributed by atoms with Crippen LogP contribution in [0.25, 0.3) is 22.2 Å². The van der Waals surface area contributed by atoms with Crippen LogP contribution in [0.5, 0.6) is 0 Å². The van der Waals surface area contributed by atoms with Gasteiger partial charge < -0.3 is 14.6 Å². The number of piperidine rings is 1. The average molecular weight is 762 g/mol. The van der Waals surface area contributed by atoms with Gasteiger partial charge >= 0.3 is 12.1 Å². The lowest BCUT2D eigenvalue weighted by molar-refractivity contribution is -0.154. The zero-order chi connectivity index (χ0) is 39.5. The van der Waals surface area contributed by atoms with E-state index in [1.807, 2.05) is 4.90 Å². The summed E-state index contributed by atoms with van der Waals surface area (Å²) in [5, 5.41) is 3.70. The minimum Gasteiger partial charge on any atom is -0.468 e. The van der Waals surface area contributed by atoms with E-state index < -0.39 is 40.5 Å². The quantitative estimate of drug-likeness (QED) is 0.109. The number of aromatic nitrogens is 3. The average Bonchev–Trinajstić information content (AvgIpc) is 3.18. The number of alkyl halides is 3. The first-order valence-electron chi connectivity index (χ1n) is 17.8. The van der Waals surface area contributed by atoms with E-state index in [9.17, 15) is 36.3 Å². The molecule has 0 aliphatic carbocycles. The standard InChI is InChI=1S/C41H40F5N5O4/c1-40(2,39(54)55-3)50-22-19-30(20-23-50)48-36(28-11-9-25(10-12-28)26-13-16-29(17-14-26)41(44,45)46)33(52)24-51-34(18-15-27-6-4-8-32(42)35(27)43)49-38(53)31-7-5-21-47-37(31)51/h4-14,16-17,21,30,36,48H,15,18-20,22-24H2,1-3H3. The van der Waals surface area contributed by atoms with E-state index in [0.29, 0.717) is 42.6 Å². The molecular formula is C41H40F5N5O4. The Balaban J connectivity index is 1.32. The van der Waals surface area contributed by atoms with Crippen molar-refractivity contribution >= 4 is 22.8 Å². The van der Waals surface area contributed by atoms with Crippen LogP contribution in [0.4, 0.5) is 22.0 Å². The summed E-state index contributed by atoms with van der Waals surface area (Å²) in [5.41, 5.74) is -0.0873. The van der Waals surface area contributed by atoms with E-state index in [2.05, 4.69) is 15.3 Å². The summed E-state index contributed by atoms with van der Waals surface area (Å²) in [6, 6.07) is 17.7. The van der Waals surface area contributed by atoms with Gasteiger partial charge in [0.05, 0.1) is 30.6 Å². The van der Waals surface area contributed by atoms with Crippen LogP contribution >= 0.6 is 0 Å². The highest BCUT2D eigenvalue weighted by molar-refractivity contribution is 5.87. The number of aryl methyl sites for hydroxylation is 2. The van der Waals surface area contributed by atoms with E-state index >= 15 is 0 Å². The number of ether oxygens (including phenoxy) is 1. The summed E-state index contributed by atoms with van der Waals surface area (Å²) in [6.07, 6.45) is -1.78. The first kappa shape index (κ1) is 39.4. The number of benzene rings is 3. The Morgan fingerprint density at radius 1 is 0.909 bits per heavy atom. The number of halogens is 5. The number of hydrogen-bond acceptors (Lipinski definition) is 8. The molecule has 55 heavy (non-hydrogen) atoms. The van der Waals surface area contributed by atoms with Gasteiger partial charge in [-0.05, 0) is 85.7 Å². The predicted octanol–water partition coefficient (Wildman–Crippen LogP) is 6.86. The summed E-state index contributed by atoms with van der Waals surface area (Å²) >= 11 is 0. The Morgan fingerprint density at radius 2 is 1.56 bits per heavy atom. The molecule has 2 aromatic heterocycles. The Morgan fingerprint density at radius 3 is 2.20 bits per heavy atom. The second-order valence-corrected chi connectivity index (χ2v) is 14.1. The molecule has 1 saturated heterocycles. The number of fused-ring (bicyclic) bond motifs is 1. The number of likely N-dealkylation sites (tertiary alicyclic amines) is 1. The van der Waals surface area contributed by atoms with Gasteiger partial charge in [-0.3, -0.25) is 19.3 Å². The molecule has 3 heterocycles. The number of hydrogen-bond donors (Lipinski definition) is 1. The third-order valence-electron chi connectivity index (χ3n) is 10.3. The minimum absolute atomic E-state index is 0.00374. The lowest BCUT2D eigenvalue weighted by atomic mass is 9.93. The molecule has 0 spiro atoms. The van der Waals surface area contributed by atoms with E-state index in [1.54, 1.807) is 50.2 Å². The van der Waals surface area contributed by atoms with Crippen LogP contribution in [0, 0.1) is 11.6 Å². The maximum Gasteiger partial charge on any atom is 0.416 e. The van der Waals surface area contributed by atoms with Crippen LogP contribution in [0.3, 0.4) is 0 Å². The van der Waals surface area contributed by atoms with Crippen molar-refractivity contribution in [3.05, 3.63) is 130 Å². The van der Waals surface area contributed by atoms with Gasteiger partial charge in [-0.2, -0.15) is 18.2 Å². The largest absolute Gasteiger partial charge is 0.468 e. The normalized spacial score (nSPS) is 14.9. The van der Waals surface area contributed by atoms with Gasteiger partial charge in [0.2, 0.25) is 0 Å². The highest BCUT2D eigenvalue weighted by Gasteiger charge is 2.38. The molecule has 1 N–H and O–H groups in total. The molecule has 1 unspecified atom stereocenters. The van der Waals surface area contributed by atoms with E-state index in [4.69, 9.17) is 4.74 Å². The zero-order valence-corrected chi connectivity index (χ0v) is 30.5. The van der Waals surface area contributed by atoms with Crippen LogP contribution in [0.2, 0.25) is 0 Å². The Kier molecular flexibility index (Phi) is 11.6.